The fourth-order valence-corrected chi connectivity index (χ4v) is 2.39. The lowest BCUT2D eigenvalue weighted by Gasteiger charge is -2.10. The summed E-state index contributed by atoms with van der Waals surface area (Å²) in [4.78, 5) is 0. The number of aryl methyl sites for hydroxylation is 1. The van der Waals surface area contributed by atoms with Gasteiger partial charge in [-0.2, -0.15) is 4.68 Å². The van der Waals surface area contributed by atoms with Gasteiger partial charge in [-0.3, -0.25) is 0 Å². The first-order chi connectivity index (χ1) is 10.1. The predicted molar refractivity (Wildman–Crippen MR) is 83.5 cm³/mol. The molecule has 1 heterocycles. The molecule has 0 amide bonds. The molecule has 0 aliphatic heterocycles. The molecule has 6 heteroatoms. The zero-order valence-electron chi connectivity index (χ0n) is 11.7. The third-order valence-corrected chi connectivity index (χ3v) is 3.85. The van der Waals surface area contributed by atoms with Gasteiger partial charge in [-0.05, 0) is 59.7 Å². The topological polar surface area (TPSA) is 69.6 Å². The quantitative estimate of drug-likeness (QED) is 0.738. The summed E-state index contributed by atoms with van der Waals surface area (Å²) < 4.78 is 1.68. The van der Waals surface area contributed by atoms with Crippen LogP contribution < -0.4 is 5.73 Å². The summed E-state index contributed by atoms with van der Waals surface area (Å²) in [6, 6.07) is 11.3. The van der Waals surface area contributed by atoms with Crippen LogP contribution in [0.1, 0.15) is 11.1 Å². The van der Waals surface area contributed by atoms with Crippen LogP contribution >= 0.6 is 11.6 Å². The van der Waals surface area contributed by atoms with Crippen LogP contribution in [0.2, 0.25) is 5.02 Å². The maximum atomic E-state index is 6.18. The Bertz CT molecular complexity index is 793. The number of tetrazole rings is 1. The Morgan fingerprint density at radius 3 is 2.76 bits per heavy atom. The normalized spacial score (nSPS) is 10.8. The average Bonchev–Trinajstić information content (AvgIpc) is 2.93. The zero-order valence-corrected chi connectivity index (χ0v) is 12.5. The van der Waals surface area contributed by atoms with E-state index in [1.807, 2.05) is 50.2 Å². The predicted octanol–water partition coefficient (Wildman–Crippen LogP) is 3.18. The summed E-state index contributed by atoms with van der Waals surface area (Å²) in [6.45, 7) is 3.94. The first kappa shape index (κ1) is 13.6. The average molecular weight is 300 g/mol. The highest BCUT2D eigenvalue weighted by Gasteiger charge is 2.15. The van der Waals surface area contributed by atoms with E-state index in [1.54, 1.807) is 4.68 Å². The number of hydrogen-bond acceptors (Lipinski definition) is 4. The summed E-state index contributed by atoms with van der Waals surface area (Å²) in [5.74, 6) is 0.644. The van der Waals surface area contributed by atoms with Crippen LogP contribution in [0.5, 0.6) is 0 Å². The molecule has 0 saturated heterocycles. The van der Waals surface area contributed by atoms with Crippen molar-refractivity contribution in [2.24, 2.45) is 0 Å². The van der Waals surface area contributed by atoms with E-state index >= 15 is 0 Å². The second-order valence-corrected chi connectivity index (χ2v) is 5.28. The molecule has 0 aliphatic carbocycles. The van der Waals surface area contributed by atoms with E-state index in [0.717, 1.165) is 22.4 Å². The van der Waals surface area contributed by atoms with Crippen molar-refractivity contribution in [1.29, 1.82) is 0 Å². The molecule has 0 saturated carbocycles. The van der Waals surface area contributed by atoms with Gasteiger partial charge in [0, 0.05) is 16.3 Å². The molecule has 0 atom stereocenters. The highest BCUT2D eigenvalue weighted by atomic mass is 35.5. The largest absolute Gasteiger partial charge is 0.399 e. The van der Waals surface area contributed by atoms with Gasteiger partial charge in [0.2, 0.25) is 0 Å². The second kappa shape index (κ2) is 5.18. The molecule has 0 unspecified atom stereocenters. The van der Waals surface area contributed by atoms with Crippen LogP contribution in [0, 0.1) is 13.8 Å². The second-order valence-electron chi connectivity index (χ2n) is 4.87. The fraction of sp³-hybridized carbons (Fsp3) is 0.133. The van der Waals surface area contributed by atoms with Crippen molar-refractivity contribution in [2.45, 2.75) is 13.8 Å². The fourth-order valence-electron chi connectivity index (χ4n) is 2.22. The molecule has 0 bridgehead atoms. The molecular formula is C15H14ClN5. The summed E-state index contributed by atoms with van der Waals surface area (Å²) >= 11 is 6.18. The van der Waals surface area contributed by atoms with Gasteiger partial charge in [0.1, 0.15) is 0 Å². The van der Waals surface area contributed by atoms with Crippen molar-refractivity contribution < 1.29 is 0 Å². The third-order valence-electron chi connectivity index (χ3n) is 3.44. The molecule has 106 valence electrons. The maximum Gasteiger partial charge on any atom is 0.187 e. The van der Waals surface area contributed by atoms with Gasteiger partial charge in [-0.15, -0.1) is 5.10 Å². The number of nitrogens with two attached hydrogens (primary N) is 1. The Labute approximate surface area is 127 Å². The lowest BCUT2D eigenvalue weighted by molar-refractivity contribution is 0.787. The summed E-state index contributed by atoms with van der Waals surface area (Å²) in [5.41, 5.74) is 10.3. The van der Waals surface area contributed by atoms with Gasteiger partial charge < -0.3 is 5.73 Å². The minimum Gasteiger partial charge on any atom is -0.399 e. The smallest absolute Gasteiger partial charge is 0.187 e. The van der Waals surface area contributed by atoms with Crippen molar-refractivity contribution in [3.8, 4) is 17.1 Å². The van der Waals surface area contributed by atoms with E-state index in [1.165, 1.54) is 0 Å². The van der Waals surface area contributed by atoms with Gasteiger partial charge in [-0.25, -0.2) is 0 Å². The molecule has 5 nitrogen and oxygen atoms in total. The molecular weight excluding hydrogens is 286 g/mol. The van der Waals surface area contributed by atoms with Gasteiger partial charge in [0.05, 0.1) is 5.69 Å². The van der Waals surface area contributed by atoms with Crippen molar-refractivity contribution in [1.82, 2.24) is 20.2 Å². The summed E-state index contributed by atoms with van der Waals surface area (Å²) in [6.07, 6.45) is 0. The number of benzene rings is 2. The van der Waals surface area contributed by atoms with E-state index in [4.69, 9.17) is 17.3 Å². The summed E-state index contributed by atoms with van der Waals surface area (Å²) in [5, 5.41) is 12.7. The van der Waals surface area contributed by atoms with Crippen molar-refractivity contribution in [2.75, 3.05) is 5.73 Å². The first-order valence-corrected chi connectivity index (χ1v) is 6.86. The van der Waals surface area contributed by atoms with Gasteiger partial charge in [-0.1, -0.05) is 23.7 Å². The zero-order chi connectivity index (χ0) is 15.0. The molecule has 1 aromatic heterocycles. The van der Waals surface area contributed by atoms with Crippen molar-refractivity contribution >= 4 is 17.3 Å². The molecule has 3 rings (SSSR count). The Hall–Kier alpha value is -2.40. The molecule has 3 aromatic rings. The Balaban J connectivity index is 2.22. The minimum atomic E-state index is 0.644. The molecule has 0 fully saturated rings. The number of nitrogens with zero attached hydrogens (tertiary/aromatic N) is 4. The summed E-state index contributed by atoms with van der Waals surface area (Å²) in [7, 11) is 0. The van der Waals surface area contributed by atoms with Gasteiger partial charge in [0.25, 0.3) is 0 Å². The number of anilines is 1. The van der Waals surface area contributed by atoms with E-state index in [0.29, 0.717) is 16.5 Å². The SMILES string of the molecule is Cc1ccc(N)cc1-c1nnnn1-c1cccc(Cl)c1C. The first-order valence-electron chi connectivity index (χ1n) is 6.48. The number of hydrogen-bond donors (Lipinski definition) is 1. The minimum absolute atomic E-state index is 0.644. The standard InChI is InChI=1S/C15H14ClN5/c1-9-6-7-11(17)8-12(9)15-18-19-20-21(15)14-5-3-4-13(16)10(14)2/h3-8H,17H2,1-2H3. The Morgan fingerprint density at radius 2 is 1.95 bits per heavy atom. The molecule has 0 spiro atoms. The van der Waals surface area contributed by atoms with Crippen LogP contribution in [0.4, 0.5) is 5.69 Å². The van der Waals surface area contributed by atoms with E-state index < -0.39 is 0 Å². The number of nitrogen functional groups attached to an aromatic ring is 1. The molecule has 0 radical (unpaired) electrons. The Kier molecular flexibility index (Phi) is 3.35. The Morgan fingerprint density at radius 1 is 1.14 bits per heavy atom. The molecule has 2 N–H and O–H groups in total. The maximum absolute atomic E-state index is 6.18. The van der Waals surface area contributed by atoms with Crippen LogP contribution in [0.25, 0.3) is 17.1 Å². The van der Waals surface area contributed by atoms with Crippen LogP contribution in [-0.2, 0) is 0 Å². The number of aromatic nitrogens is 4. The van der Waals surface area contributed by atoms with Crippen molar-refractivity contribution in [3.05, 3.63) is 52.5 Å². The van der Waals surface area contributed by atoms with Crippen LogP contribution in [-0.4, -0.2) is 20.2 Å². The van der Waals surface area contributed by atoms with Crippen LogP contribution in [0.3, 0.4) is 0 Å². The van der Waals surface area contributed by atoms with Crippen molar-refractivity contribution in [3.63, 3.8) is 0 Å². The lowest BCUT2D eigenvalue weighted by atomic mass is 10.1. The highest BCUT2D eigenvalue weighted by Crippen LogP contribution is 2.28. The van der Waals surface area contributed by atoms with Crippen LogP contribution in [0.15, 0.2) is 36.4 Å². The molecule has 0 aliphatic rings. The van der Waals surface area contributed by atoms with E-state index in [9.17, 15) is 0 Å². The number of halogens is 1. The van der Waals surface area contributed by atoms with E-state index in [2.05, 4.69) is 15.5 Å². The lowest BCUT2D eigenvalue weighted by Crippen LogP contribution is -2.03. The molecule has 2 aromatic carbocycles. The number of rotatable bonds is 2. The molecule has 21 heavy (non-hydrogen) atoms. The third kappa shape index (κ3) is 2.36. The monoisotopic (exact) mass is 299 g/mol. The van der Waals surface area contributed by atoms with E-state index in [-0.39, 0.29) is 0 Å². The van der Waals surface area contributed by atoms with Gasteiger partial charge in [0.15, 0.2) is 5.82 Å². The highest BCUT2D eigenvalue weighted by molar-refractivity contribution is 6.31. The van der Waals surface area contributed by atoms with Gasteiger partial charge >= 0.3 is 0 Å².